The first-order chi connectivity index (χ1) is 14.5. The van der Waals surface area contributed by atoms with Gasteiger partial charge in [-0.25, -0.2) is 8.42 Å². The molecule has 0 heterocycles. The number of rotatable bonds is 5. The largest absolute Gasteiger partial charge is 0.416 e. The molecule has 3 aromatic carbocycles. The van der Waals surface area contributed by atoms with Gasteiger partial charge in [-0.15, -0.1) is 0 Å². The number of benzene rings is 3. The molecule has 0 fully saturated rings. The molecule has 31 heavy (non-hydrogen) atoms. The van der Waals surface area contributed by atoms with E-state index in [1.807, 2.05) is 0 Å². The lowest BCUT2D eigenvalue weighted by Crippen LogP contribution is -2.19. The average molecular weight is 486 g/mol. The molecule has 0 saturated heterocycles. The molecule has 0 bridgehead atoms. The molecule has 0 spiro atoms. The second-order valence-electron chi connectivity index (χ2n) is 6.29. The molecule has 0 atom stereocenters. The molecule has 0 unspecified atom stereocenters. The number of anilines is 3. The van der Waals surface area contributed by atoms with Gasteiger partial charge in [-0.2, -0.15) is 13.2 Å². The van der Waals surface area contributed by atoms with Gasteiger partial charge in [0.1, 0.15) is 0 Å². The minimum atomic E-state index is -4.46. The first-order valence-electron chi connectivity index (χ1n) is 8.67. The highest BCUT2D eigenvalue weighted by Crippen LogP contribution is 2.30. The molecule has 162 valence electrons. The predicted molar refractivity (Wildman–Crippen MR) is 120 cm³/mol. The number of hydrogen-bond acceptors (Lipinski definition) is 3. The predicted octanol–water partition coefficient (Wildman–Crippen LogP) is 5.97. The molecule has 0 saturated carbocycles. The van der Waals surface area contributed by atoms with Gasteiger partial charge in [0, 0.05) is 22.1 Å². The van der Waals surface area contributed by atoms with Crippen molar-refractivity contribution >= 4 is 56.0 Å². The zero-order chi connectivity index (χ0) is 22.6. The molecular weight excluding hydrogens is 471 g/mol. The molecule has 11 heteroatoms. The molecule has 5 nitrogen and oxygen atoms in total. The van der Waals surface area contributed by atoms with Crippen molar-refractivity contribution < 1.29 is 21.6 Å². The highest BCUT2D eigenvalue weighted by Gasteiger charge is 2.30. The van der Waals surface area contributed by atoms with Gasteiger partial charge in [-0.3, -0.25) is 4.72 Å². The number of sulfonamides is 1. The minimum Gasteiger partial charge on any atom is -0.332 e. The number of halogens is 4. The standard InChI is InChI=1S/C20H15ClF3N3O2S2/c21-14-4-6-16(7-5-14)27-31(28,29)18-10-8-15(9-11-18)25-19(30)26-17-3-1-2-13(12-17)20(22,23)24/h1-12,27H,(H2,25,26,30). The summed E-state index contributed by atoms with van der Waals surface area (Å²) < 4.78 is 65.8. The third kappa shape index (κ3) is 6.33. The summed E-state index contributed by atoms with van der Waals surface area (Å²) in [6.45, 7) is 0. The van der Waals surface area contributed by atoms with Crippen LogP contribution in [0.3, 0.4) is 0 Å². The van der Waals surface area contributed by atoms with Crippen molar-refractivity contribution in [3.63, 3.8) is 0 Å². The van der Waals surface area contributed by atoms with Crippen LogP contribution in [0.25, 0.3) is 0 Å². The van der Waals surface area contributed by atoms with Gasteiger partial charge in [0.25, 0.3) is 10.0 Å². The van der Waals surface area contributed by atoms with Crippen LogP contribution in [0.15, 0.2) is 77.7 Å². The summed E-state index contributed by atoms with van der Waals surface area (Å²) in [6, 6.07) is 16.5. The van der Waals surface area contributed by atoms with Crippen LogP contribution in [-0.4, -0.2) is 13.5 Å². The third-order valence-electron chi connectivity index (χ3n) is 3.97. The highest BCUT2D eigenvalue weighted by atomic mass is 35.5. The van der Waals surface area contributed by atoms with Crippen LogP contribution < -0.4 is 15.4 Å². The Morgan fingerprint density at radius 1 is 0.839 bits per heavy atom. The van der Waals surface area contributed by atoms with Crippen molar-refractivity contribution in [1.82, 2.24) is 0 Å². The Balaban J connectivity index is 1.65. The number of thiocarbonyl (C=S) groups is 1. The van der Waals surface area contributed by atoms with Crippen LogP contribution in [0.4, 0.5) is 30.2 Å². The minimum absolute atomic E-state index is 0.0183. The summed E-state index contributed by atoms with van der Waals surface area (Å²) in [5.41, 5.74) is 0.176. The fraction of sp³-hybridized carbons (Fsp3) is 0.0500. The second kappa shape index (κ2) is 9.13. The van der Waals surface area contributed by atoms with E-state index < -0.39 is 21.8 Å². The molecule has 0 aromatic heterocycles. The first kappa shape index (κ1) is 22.9. The maximum atomic E-state index is 12.8. The van der Waals surface area contributed by atoms with Crippen LogP contribution in [0, 0.1) is 0 Å². The van der Waals surface area contributed by atoms with E-state index in [9.17, 15) is 21.6 Å². The molecule has 3 aromatic rings. The fourth-order valence-corrected chi connectivity index (χ4v) is 3.94. The van der Waals surface area contributed by atoms with E-state index in [1.165, 1.54) is 48.5 Å². The van der Waals surface area contributed by atoms with Crippen LogP contribution in [0.1, 0.15) is 5.56 Å². The first-order valence-corrected chi connectivity index (χ1v) is 10.9. The summed E-state index contributed by atoms with van der Waals surface area (Å²) >= 11 is 10.9. The van der Waals surface area contributed by atoms with E-state index in [0.29, 0.717) is 16.4 Å². The number of nitrogens with one attached hydrogen (secondary N) is 3. The third-order valence-corrected chi connectivity index (χ3v) is 5.82. The highest BCUT2D eigenvalue weighted by molar-refractivity contribution is 7.92. The Morgan fingerprint density at radius 3 is 2.03 bits per heavy atom. The smallest absolute Gasteiger partial charge is 0.332 e. The molecule has 0 aliphatic rings. The maximum Gasteiger partial charge on any atom is 0.416 e. The lowest BCUT2D eigenvalue weighted by atomic mass is 10.2. The lowest BCUT2D eigenvalue weighted by Gasteiger charge is -2.13. The summed E-state index contributed by atoms with van der Waals surface area (Å²) in [7, 11) is -3.81. The Labute approximate surface area is 187 Å². The van der Waals surface area contributed by atoms with Crippen LogP contribution in [0.2, 0.25) is 5.02 Å². The van der Waals surface area contributed by atoms with Crippen LogP contribution >= 0.6 is 23.8 Å². The van der Waals surface area contributed by atoms with E-state index >= 15 is 0 Å². The SMILES string of the molecule is O=S(=O)(Nc1ccc(Cl)cc1)c1ccc(NC(=S)Nc2cccc(C(F)(F)F)c2)cc1. The quantitative estimate of drug-likeness (QED) is 0.388. The molecule has 3 N–H and O–H groups in total. The van der Waals surface area contributed by atoms with E-state index in [0.717, 1.165) is 12.1 Å². The van der Waals surface area contributed by atoms with Gasteiger partial charge in [0.2, 0.25) is 0 Å². The number of alkyl halides is 3. The summed E-state index contributed by atoms with van der Waals surface area (Å²) in [5.74, 6) is 0. The van der Waals surface area contributed by atoms with Crippen LogP contribution in [-0.2, 0) is 16.2 Å². The fourth-order valence-electron chi connectivity index (χ4n) is 2.52. The zero-order valence-corrected chi connectivity index (χ0v) is 18.0. The van der Waals surface area contributed by atoms with Crippen molar-refractivity contribution in [1.29, 1.82) is 0 Å². The summed E-state index contributed by atoms with van der Waals surface area (Å²) in [4.78, 5) is 0.0183. The van der Waals surface area contributed by atoms with Gasteiger partial charge >= 0.3 is 6.18 Å². The van der Waals surface area contributed by atoms with Crippen molar-refractivity contribution in [3.8, 4) is 0 Å². The Hall–Kier alpha value is -2.82. The topological polar surface area (TPSA) is 70.2 Å². The second-order valence-corrected chi connectivity index (χ2v) is 8.82. The summed E-state index contributed by atoms with van der Waals surface area (Å²) in [5, 5.41) is 5.99. The molecule has 0 amide bonds. The zero-order valence-electron chi connectivity index (χ0n) is 15.6. The molecule has 0 aliphatic carbocycles. The van der Waals surface area contributed by atoms with E-state index in [4.69, 9.17) is 23.8 Å². The lowest BCUT2D eigenvalue weighted by molar-refractivity contribution is -0.137. The number of hydrogen-bond donors (Lipinski definition) is 3. The van der Waals surface area contributed by atoms with Gasteiger partial charge in [0.15, 0.2) is 5.11 Å². The average Bonchev–Trinajstić information content (AvgIpc) is 2.69. The van der Waals surface area contributed by atoms with E-state index in [-0.39, 0.29) is 15.7 Å². The monoisotopic (exact) mass is 485 g/mol. The van der Waals surface area contributed by atoms with Crippen molar-refractivity contribution in [2.45, 2.75) is 11.1 Å². The molecule has 3 rings (SSSR count). The van der Waals surface area contributed by atoms with Crippen molar-refractivity contribution in [2.24, 2.45) is 0 Å². The normalized spacial score (nSPS) is 11.6. The maximum absolute atomic E-state index is 12.8. The van der Waals surface area contributed by atoms with E-state index in [1.54, 1.807) is 12.1 Å². The van der Waals surface area contributed by atoms with Gasteiger partial charge in [-0.1, -0.05) is 17.7 Å². The van der Waals surface area contributed by atoms with Gasteiger partial charge < -0.3 is 10.6 Å². The Bertz CT molecular complexity index is 1180. The molecule has 0 aliphatic heterocycles. The van der Waals surface area contributed by atoms with Crippen LogP contribution in [0.5, 0.6) is 0 Å². The Morgan fingerprint density at radius 2 is 1.42 bits per heavy atom. The van der Waals surface area contributed by atoms with Gasteiger partial charge in [0.05, 0.1) is 10.5 Å². The van der Waals surface area contributed by atoms with Gasteiger partial charge in [-0.05, 0) is 78.9 Å². The Kier molecular flexibility index (Phi) is 6.73. The summed E-state index contributed by atoms with van der Waals surface area (Å²) in [6.07, 6.45) is -4.46. The van der Waals surface area contributed by atoms with Crippen molar-refractivity contribution in [3.05, 3.63) is 83.4 Å². The van der Waals surface area contributed by atoms with Crippen molar-refractivity contribution in [2.75, 3.05) is 15.4 Å². The molecule has 0 radical (unpaired) electrons. The molecular formula is C20H15ClF3N3O2S2. The van der Waals surface area contributed by atoms with E-state index in [2.05, 4.69) is 15.4 Å².